The lowest BCUT2D eigenvalue weighted by Gasteiger charge is -2.10. The van der Waals surface area contributed by atoms with Crippen molar-refractivity contribution in [2.45, 2.75) is 19.3 Å². The number of anilines is 2. The van der Waals surface area contributed by atoms with Gasteiger partial charge in [-0.05, 0) is 12.5 Å². The summed E-state index contributed by atoms with van der Waals surface area (Å²) in [5.41, 5.74) is 0.210. The maximum atomic E-state index is 12.4. The summed E-state index contributed by atoms with van der Waals surface area (Å²) in [5.74, 6) is -0.272. The number of carbonyl (C=O) groups excluding carboxylic acids is 2. The molecule has 29 heavy (non-hydrogen) atoms. The van der Waals surface area contributed by atoms with E-state index in [0.717, 1.165) is 11.0 Å². The number of pyridine rings is 1. The summed E-state index contributed by atoms with van der Waals surface area (Å²) in [6.07, 6.45) is 2.76. The zero-order valence-corrected chi connectivity index (χ0v) is 16.7. The van der Waals surface area contributed by atoms with Gasteiger partial charge in [0.1, 0.15) is 5.65 Å². The third kappa shape index (κ3) is 3.44. The van der Waals surface area contributed by atoms with E-state index in [-0.39, 0.29) is 29.3 Å². The van der Waals surface area contributed by atoms with Crippen LogP contribution in [0.1, 0.15) is 18.5 Å². The molecule has 0 aromatic carbocycles. The molecule has 1 fully saturated rings. The summed E-state index contributed by atoms with van der Waals surface area (Å²) in [4.78, 5) is 58.7. The van der Waals surface area contributed by atoms with Gasteiger partial charge < -0.3 is 5.32 Å². The summed E-state index contributed by atoms with van der Waals surface area (Å²) in [6, 6.07) is 1.50. The first-order valence-corrected chi connectivity index (χ1v) is 9.83. The number of amides is 2. The molecule has 1 N–H and O–H groups in total. The molecule has 3 aromatic heterocycles. The summed E-state index contributed by atoms with van der Waals surface area (Å²) >= 11 is 1.33. The zero-order valence-electron chi connectivity index (χ0n) is 15.8. The number of aromatic nitrogens is 4. The number of hydrogen-bond acceptors (Lipinski definition) is 7. The minimum absolute atomic E-state index is 0.0296. The van der Waals surface area contributed by atoms with Crippen molar-refractivity contribution in [3.05, 3.63) is 44.2 Å². The predicted octanol–water partition coefficient (Wildman–Crippen LogP) is 0.397. The van der Waals surface area contributed by atoms with Gasteiger partial charge in [0.15, 0.2) is 5.13 Å². The average Bonchev–Trinajstić information content (AvgIpc) is 3.33. The molecule has 0 bridgehead atoms. The van der Waals surface area contributed by atoms with Crippen LogP contribution in [0.15, 0.2) is 27.2 Å². The summed E-state index contributed by atoms with van der Waals surface area (Å²) in [6.45, 7) is 0.651. The summed E-state index contributed by atoms with van der Waals surface area (Å²) in [7, 11) is 2.92. The van der Waals surface area contributed by atoms with E-state index in [1.54, 1.807) is 10.3 Å². The maximum Gasteiger partial charge on any atom is 0.332 e. The van der Waals surface area contributed by atoms with Gasteiger partial charge in [-0.15, -0.1) is 11.3 Å². The van der Waals surface area contributed by atoms with E-state index in [9.17, 15) is 19.2 Å². The second-order valence-electron chi connectivity index (χ2n) is 6.80. The highest BCUT2D eigenvalue weighted by Crippen LogP contribution is 2.25. The van der Waals surface area contributed by atoms with Gasteiger partial charge in [0, 0.05) is 32.4 Å². The highest BCUT2D eigenvalue weighted by molar-refractivity contribution is 7.14. The lowest BCUT2D eigenvalue weighted by atomic mass is 10.2. The highest BCUT2D eigenvalue weighted by Gasteiger charge is 2.24. The molecule has 0 radical (unpaired) electrons. The van der Waals surface area contributed by atoms with E-state index in [1.807, 2.05) is 0 Å². The summed E-state index contributed by atoms with van der Waals surface area (Å²) in [5, 5.41) is 5.29. The fourth-order valence-electron chi connectivity index (χ4n) is 3.26. The Morgan fingerprint density at radius 1 is 1.24 bits per heavy atom. The van der Waals surface area contributed by atoms with Crippen molar-refractivity contribution in [2.24, 2.45) is 14.1 Å². The monoisotopic (exact) mass is 414 g/mol. The van der Waals surface area contributed by atoms with Crippen LogP contribution < -0.4 is 21.5 Å². The van der Waals surface area contributed by atoms with Crippen LogP contribution in [-0.4, -0.2) is 37.5 Å². The van der Waals surface area contributed by atoms with Crippen LogP contribution in [0.2, 0.25) is 0 Å². The van der Waals surface area contributed by atoms with Crippen LogP contribution in [0.25, 0.3) is 11.0 Å². The van der Waals surface area contributed by atoms with Crippen LogP contribution in [0.5, 0.6) is 0 Å². The Bertz CT molecular complexity index is 1260. The Balaban J connectivity index is 1.52. The van der Waals surface area contributed by atoms with Crippen molar-refractivity contribution in [3.63, 3.8) is 0 Å². The number of fused-ring (bicyclic) bond motifs is 1. The molecule has 1 aliphatic rings. The molecule has 11 heteroatoms. The van der Waals surface area contributed by atoms with Gasteiger partial charge in [0.2, 0.25) is 11.8 Å². The normalized spacial score (nSPS) is 14.0. The number of aryl methyl sites for hydroxylation is 1. The van der Waals surface area contributed by atoms with Gasteiger partial charge >= 0.3 is 5.69 Å². The second kappa shape index (κ2) is 7.24. The van der Waals surface area contributed by atoms with Crippen LogP contribution in [0, 0.1) is 0 Å². The number of nitrogens with one attached hydrogen (secondary N) is 1. The second-order valence-corrected chi connectivity index (χ2v) is 7.63. The SMILES string of the molecule is Cn1c(=O)c2cc(NC(=O)Cc3csc(N4CCCC4=O)n3)cnc2n(C)c1=O. The lowest BCUT2D eigenvalue weighted by molar-refractivity contribution is -0.117. The van der Waals surface area contributed by atoms with Gasteiger partial charge in [-0.25, -0.2) is 14.8 Å². The van der Waals surface area contributed by atoms with Crippen molar-refractivity contribution >= 4 is 45.0 Å². The fraction of sp³-hybridized carbons (Fsp3) is 0.333. The van der Waals surface area contributed by atoms with E-state index in [1.165, 1.54) is 42.3 Å². The lowest BCUT2D eigenvalue weighted by Crippen LogP contribution is -2.37. The van der Waals surface area contributed by atoms with Gasteiger partial charge in [0.25, 0.3) is 5.56 Å². The zero-order chi connectivity index (χ0) is 20.7. The van der Waals surface area contributed by atoms with E-state index >= 15 is 0 Å². The van der Waals surface area contributed by atoms with E-state index < -0.39 is 11.2 Å². The van der Waals surface area contributed by atoms with E-state index in [2.05, 4.69) is 15.3 Å². The smallest absolute Gasteiger partial charge is 0.324 e. The molecule has 0 unspecified atom stereocenters. The van der Waals surface area contributed by atoms with Crippen LogP contribution in [0.4, 0.5) is 10.8 Å². The first kappa shape index (κ1) is 19.0. The highest BCUT2D eigenvalue weighted by atomic mass is 32.1. The van der Waals surface area contributed by atoms with Gasteiger partial charge in [-0.3, -0.25) is 28.4 Å². The molecule has 0 saturated carbocycles. The topological polar surface area (TPSA) is 119 Å². The van der Waals surface area contributed by atoms with Crippen LogP contribution in [0.3, 0.4) is 0 Å². The number of nitrogens with zero attached hydrogens (tertiary/aromatic N) is 5. The van der Waals surface area contributed by atoms with E-state index in [0.29, 0.717) is 29.5 Å². The predicted molar refractivity (Wildman–Crippen MR) is 108 cm³/mol. The number of hydrogen-bond donors (Lipinski definition) is 1. The minimum atomic E-state index is -0.480. The van der Waals surface area contributed by atoms with Crippen molar-refractivity contribution in [1.82, 2.24) is 19.1 Å². The molecule has 1 aliphatic heterocycles. The van der Waals surface area contributed by atoms with Gasteiger partial charge in [-0.2, -0.15) is 0 Å². The quantitative estimate of drug-likeness (QED) is 0.660. The van der Waals surface area contributed by atoms with Crippen LogP contribution in [-0.2, 0) is 30.1 Å². The Morgan fingerprint density at radius 3 is 2.76 bits per heavy atom. The molecule has 4 heterocycles. The number of thiazole rings is 1. The molecule has 10 nitrogen and oxygen atoms in total. The average molecular weight is 414 g/mol. The molecule has 3 aromatic rings. The Morgan fingerprint density at radius 2 is 2.03 bits per heavy atom. The first-order chi connectivity index (χ1) is 13.8. The summed E-state index contributed by atoms with van der Waals surface area (Å²) < 4.78 is 2.27. The van der Waals surface area contributed by atoms with Gasteiger partial charge in [0.05, 0.1) is 29.4 Å². The minimum Gasteiger partial charge on any atom is -0.324 e. The molecule has 0 aliphatic carbocycles. The molecular weight excluding hydrogens is 396 g/mol. The van der Waals surface area contributed by atoms with Crippen LogP contribution >= 0.6 is 11.3 Å². The third-order valence-corrected chi connectivity index (χ3v) is 5.68. The number of carbonyl (C=O) groups is 2. The Labute approximate surface area is 168 Å². The van der Waals surface area contributed by atoms with E-state index in [4.69, 9.17) is 0 Å². The standard InChI is InChI=1S/C18H18N6O4S/c1-22-15-12(16(27)23(2)18(22)28)6-10(8-19-15)20-13(25)7-11-9-29-17(21-11)24-5-3-4-14(24)26/h6,8-9H,3-5,7H2,1-2H3,(H,20,25). The first-order valence-electron chi connectivity index (χ1n) is 8.95. The molecule has 150 valence electrons. The van der Waals surface area contributed by atoms with Crippen molar-refractivity contribution in [2.75, 3.05) is 16.8 Å². The molecule has 2 amide bonds. The molecule has 0 spiro atoms. The van der Waals surface area contributed by atoms with Crippen molar-refractivity contribution in [3.8, 4) is 0 Å². The number of rotatable bonds is 4. The maximum absolute atomic E-state index is 12.4. The fourth-order valence-corrected chi connectivity index (χ4v) is 4.12. The van der Waals surface area contributed by atoms with Gasteiger partial charge in [-0.1, -0.05) is 0 Å². The van der Waals surface area contributed by atoms with Crippen molar-refractivity contribution < 1.29 is 9.59 Å². The Kier molecular flexibility index (Phi) is 4.74. The molecule has 4 rings (SSSR count). The molecule has 0 atom stereocenters. The van der Waals surface area contributed by atoms with Crippen molar-refractivity contribution in [1.29, 1.82) is 0 Å². The molecular formula is C18H18N6O4S. The molecule has 1 saturated heterocycles. The third-order valence-electron chi connectivity index (χ3n) is 4.76. The largest absolute Gasteiger partial charge is 0.332 e. The Hall–Kier alpha value is -3.34.